The first-order chi connectivity index (χ1) is 7.27. The number of benzene rings is 1. The molecule has 0 saturated carbocycles. The van der Waals surface area contributed by atoms with Gasteiger partial charge in [0, 0.05) is 11.0 Å². The monoisotopic (exact) mass is 269 g/mol. The first-order valence-electron chi connectivity index (χ1n) is 5.39. The molecule has 2 atom stereocenters. The Labute approximate surface area is 98.8 Å². The number of rotatable bonds is 3. The van der Waals surface area contributed by atoms with Gasteiger partial charge < -0.3 is 10.4 Å². The van der Waals surface area contributed by atoms with Crippen molar-refractivity contribution in [2.75, 3.05) is 13.1 Å². The molecule has 0 aromatic heterocycles. The number of aliphatic hydroxyl groups is 1. The molecule has 0 amide bonds. The summed E-state index contributed by atoms with van der Waals surface area (Å²) in [6, 6.07) is 8.10. The first kappa shape index (κ1) is 11.1. The first-order valence-corrected chi connectivity index (χ1v) is 6.19. The molecule has 82 valence electrons. The summed E-state index contributed by atoms with van der Waals surface area (Å²) in [5.74, 6) is 0.414. The van der Waals surface area contributed by atoms with Gasteiger partial charge in [-0.05, 0) is 36.9 Å². The van der Waals surface area contributed by atoms with Crippen molar-refractivity contribution in [3.63, 3.8) is 0 Å². The van der Waals surface area contributed by atoms with Crippen LogP contribution in [0.3, 0.4) is 0 Å². The molecule has 1 saturated heterocycles. The summed E-state index contributed by atoms with van der Waals surface area (Å²) in [6.45, 7) is 1.99. The third kappa shape index (κ3) is 2.80. The predicted octanol–water partition coefficient (Wildman–Crippen LogP) is 1.96. The number of aliphatic hydroxyl groups excluding tert-OH is 1. The summed E-state index contributed by atoms with van der Waals surface area (Å²) in [6.07, 6.45) is 1.61. The Hall–Kier alpha value is -0.380. The molecular formula is C12H16BrNO. The summed E-state index contributed by atoms with van der Waals surface area (Å²) in [5.41, 5.74) is 1.19. The Bertz CT molecular complexity index is 323. The Morgan fingerprint density at radius 2 is 2.27 bits per heavy atom. The molecule has 1 fully saturated rings. The van der Waals surface area contributed by atoms with Gasteiger partial charge in [0.05, 0.1) is 6.10 Å². The zero-order valence-electron chi connectivity index (χ0n) is 8.62. The third-order valence-electron chi connectivity index (χ3n) is 3.03. The van der Waals surface area contributed by atoms with E-state index in [1.165, 1.54) is 5.56 Å². The van der Waals surface area contributed by atoms with Crippen LogP contribution in [0.25, 0.3) is 0 Å². The van der Waals surface area contributed by atoms with E-state index in [1.54, 1.807) is 0 Å². The van der Waals surface area contributed by atoms with Crippen LogP contribution in [0.1, 0.15) is 12.0 Å². The van der Waals surface area contributed by atoms with Gasteiger partial charge in [0.15, 0.2) is 0 Å². The fourth-order valence-electron chi connectivity index (χ4n) is 2.06. The van der Waals surface area contributed by atoms with Crippen molar-refractivity contribution < 1.29 is 5.11 Å². The Morgan fingerprint density at radius 3 is 2.93 bits per heavy atom. The van der Waals surface area contributed by atoms with E-state index in [1.807, 2.05) is 18.2 Å². The highest BCUT2D eigenvalue weighted by atomic mass is 79.9. The minimum atomic E-state index is -0.223. The predicted molar refractivity (Wildman–Crippen MR) is 64.8 cm³/mol. The van der Waals surface area contributed by atoms with E-state index >= 15 is 0 Å². The lowest BCUT2D eigenvalue weighted by Crippen LogP contribution is -2.25. The Balaban J connectivity index is 1.99. The Kier molecular flexibility index (Phi) is 3.78. The maximum Gasteiger partial charge on any atom is 0.0621 e. The van der Waals surface area contributed by atoms with E-state index in [2.05, 4.69) is 27.3 Å². The highest BCUT2D eigenvalue weighted by Gasteiger charge is 2.23. The number of hydrogen-bond donors (Lipinski definition) is 2. The van der Waals surface area contributed by atoms with Crippen LogP contribution in [0.4, 0.5) is 0 Å². The molecular weight excluding hydrogens is 254 g/mol. The molecule has 1 heterocycles. The van der Waals surface area contributed by atoms with Gasteiger partial charge in [-0.25, -0.2) is 0 Å². The molecule has 3 heteroatoms. The molecule has 1 aromatic rings. The topological polar surface area (TPSA) is 32.3 Å². The van der Waals surface area contributed by atoms with E-state index < -0.39 is 0 Å². The molecule has 0 aliphatic carbocycles. The van der Waals surface area contributed by atoms with Crippen LogP contribution in [-0.4, -0.2) is 24.3 Å². The number of nitrogens with one attached hydrogen (secondary N) is 1. The highest BCUT2D eigenvalue weighted by Crippen LogP contribution is 2.21. The molecule has 2 rings (SSSR count). The van der Waals surface area contributed by atoms with E-state index in [9.17, 15) is 5.11 Å². The smallest absolute Gasteiger partial charge is 0.0621 e. The van der Waals surface area contributed by atoms with Crippen molar-refractivity contribution in [3.05, 3.63) is 34.3 Å². The van der Waals surface area contributed by atoms with Crippen molar-refractivity contribution in [1.29, 1.82) is 0 Å². The lowest BCUT2D eigenvalue weighted by atomic mass is 9.95. The summed E-state index contributed by atoms with van der Waals surface area (Å²) in [4.78, 5) is 0. The largest absolute Gasteiger partial charge is 0.392 e. The quantitative estimate of drug-likeness (QED) is 0.880. The van der Waals surface area contributed by atoms with Gasteiger partial charge in [-0.2, -0.15) is 0 Å². The van der Waals surface area contributed by atoms with Gasteiger partial charge in [-0.1, -0.05) is 34.1 Å². The van der Waals surface area contributed by atoms with E-state index in [0.717, 1.165) is 30.4 Å². The molecule has 0 bridgehead atoms. The van der Waals surface area contributed by atoms with Crippen molar-refractivity contribution >= 4 is 15.9 Å². The van der Waals surface area contributed by atoms with E-state index in [0.29, 0.717) is 5.92 Å². The second-order valence-corrected chi connectivity index (χ2v) is 4.97. The second-order valence-electron chi connectivity index (χ2n) is 4.12. The van der Waals surface area contributed by atoms with Crippen LogP contribution < -0.4 is 5.32 Å². The second kappa shape index (κ2) is 5.10. The van der Waals surface area contributed by atoms with Crippen LogP contribution in [0.2, 0.25) is 0 Å². The standard InChI is InChI=1S/C12H16BrNO/c13-11-4-2-1-3-9(11)7-12(15)10-5-6-14-8-10/h1-4,10,12,14-15H,5-8H2. The number of halogens is 1. The summed E-state index contributed by atoms with van der Waals surface area (Å²) in [7, 11) is 0. The third-order valence-corrected chi connectivity index (χ3v) is 3.80. The van der Waals surface area contributed by atoms with Gasteiger partial charge in [-0.15, -0.1) is 0 Å². The van der Waals surface area contributed by atoms with Crippen molar-refractivity contribution in [2.24, 2.45) is 5.92 Å². The molecule has 0 spiro atoms. The van der Waals surface area contributed by atoms with Crippen molar-refractivity contribution in [1.82, 2.24) is 5.32 Å². The lowest BCUT2D eigenvalue weighted by Gasteiger charge is -2.17. The zero-order valence-corrected chi connectivity index (χ0v) is 10.2. The van der Waals surface area contributed by atoms with Gasteiger partial charge in [0.1, 0.15) is 0 Å². The SMILES string of the molecule is OC(Cc1ccccc1Br)C1CCNC1. The van der Waals surface area contributed by atoms with Crippen LogP contribution >= 0.6 is 15.9 Å². The fourth-order valence-corrected chi connectivity index (χ4v) is 2.51. The van der Waals surface area contributed by atoms with Gasteiger partial charge in [-0.3, -0.25) is 0 Å². The summed E-state index contributed by atoms with van der Waals surface area (Å²) < 4.78 is 1.09. The minimum Gasteiger partial charge on any atom is -0.392 e. The minimum absolute atomic E-state index is 0.223. The molecule has 15 heavy (non-hydrogen) atoms. The molecule has 1 aliphatic rings. The fraction of sp³-hybridized carbons (Fsp3) is 0.500. The summed E-state index contributed by atoms with van der Waals surface area (Å²) in [5, 5.41) is 13.3. The maximum atomic E-state index is 10.1. The van der Waals surface area contributed by atoms with E-state index in [4.69, 9.17) is 0 Å². The zero-order chi connectivity index (χ0) is 10.7. The molecule has 1 aromatic carbocycles. The molecule has 2 unspecified atom stereocenters. The number of hydrogen-bond acceptors (Lipinski definition) is 2. The molecule has 2 N–H and O–H groups in total. The highest BCUT2D eigenvalue weighted by molar-refractivity contribution is 9.10. The lowest BCUT2D eigenvalue weighted by molar-refractivity contribution is 0.117. The molecule has 2 nitrogen and oxygen atoms in total. The average molecular weight is 270 g/mol. The Morgan fingerprint density at radius 1 is 1.47 bits per heavy atom. The molecule has 0 radical (unpaired) electrons. The van der Waals surface area contributed by atoms with Crippen molar-refractivity contribution in [3.8, 4) is 0 Å². The van der Waals surface area contributed by atoms with Gasteiger partial charge in [0.25, 0.3) is 0 Å². The van der Waals surface area contributed by atoms with E-state index in [-0.39, 0.29) is 6.10 Å². The van der Waals surface area contributed by atoms with Crippen LogP contribution in [0.15, 0.2) is 28.7 Å². The van der Waals surface area contributed by atoms with Gasteiger partial charge >= 0.3 is 0 Å². The molecule has 1 aliphatic heterocycles. The maximum absolute atomic E-state index is 10.1. The van der Waals surface area contributed by atoms with Crippen LogP contribution in [0, 0.1) is 5.92 Å². The van der Waals surface area contributed by atoms with Crippen LogP contribution in [-0.2, 0) is 6.42 Å². The van der Waals surface area contributed by atoms with Crippen LogP contribution in [0.5, 0.6) is 0 Å². The normalized spacial score (nSPS) is 22.9. The summed E-state index contributed by atoms with van der Waals surface area (Å²) >= 11 is 3.51. The van der Waals surface area contributed by atoms with Crippen molar-refractivity contribution in [2.45, 2.75) is 18.9 Å². The average Bonchev–Trinajstić information content (AvgIpc) is 2.74. The van der Waals surface area contributed by atoms with Gasteiger partial charge in [0.2, 0.25) is 0 Å².